The Bertz CT molecular complexity index is 708. The summed E-state index contributed by atoms with van der Waals surface area (Å²) in [6.45, 7) is 3.59. The van der Waals surface area contributed by atoms with Gasteiger partial charge < -0.3 is 4.18 Å². The molecule has 0 heterocycles. The first kappa shape index (κ1) is 14.1. The van der Waals surface area contributed by atoms with E-state index >= 15 is 0 Å². The summed E-state index contributed by atoms with van der Waals surface area (Å²) in [6, 6.07) is 12.0. The highest BCUT2D eigenvalue weighted by molar-refractivity contribution is 9.10. The maximum Gasteiger partial charge on any atom is 0.339 e. The van der Waals surface area contributed by atoms with Gasteiger partial charge in [0.1, 0.15) is 10.6 Å². The Morgan fingerprint density at radius 2 is 1.79 bits per heavy atom. The molecule has 0 radical (unpaired) electrons. The van der Waals surface area contributed by atoms with Gasteiger partial charge in [-0.05, 0) is 49.2 Å². The molecule has 0 aliphatic rings. The van der Waals surface area contributed by atoms with Gasteiger partial charge in [-0.3, -0.25) is 0 Å². The van der Waals surface area contributed by atoms with Gasteiger partial charge in [0, 0.05) is 4.47 Å². The van der Waals surface area contributed by atoms with Gasteiger partial charge in [0.2, 0.25) is 0 Å². The third kappa shape index (κ3) is 3.36. The number of halogens is 1. The Kier molecular flexibility index (Phi) is 3.96. The van der Waals surface area contributed by atoms with E-state index in [4.69, 9.17) is 4.18 Å². The van der Waals surface area contributed by atoms with Gasteiger partial charge in [0.15, 0.2) is 0 Å². The van der Waals surface area contributed by atoms with Gasteiger partial charge in [-0.25, -0.2) is 0 Å². The Labute approximate surface area is 121 Å². The standard InChI is InChI=1S/C14H13BrO3S/c1-10-6-7-11(2)14(8-10)19(16,17)18-13-5-3-4-12(15)9-13/h3-9H,1-2H3. The van der Waals surface area contributed by atoms with Crippen LogP contribution in [0.4, 0.5) is 0 Å². The van der Waals surface area contributed by atoms with Crippen LogP contribution in [0.15, 0.2) is 51.8 Å². The Morgan fingerprint density at radius 1 is 1.05 bits per heavy atom. The molecular formula is C14H13BrO3S. The second kappa shape index (κ2) is 5.35. The lowest BCUT2D eigenvalue weighted by Crippen LogP contribution is -2.11. The van der Waals surface area contributed by atoms with E-state index in [1.165, 1.54) is 0 Å². The molecule has 0 unspecified atom stereocenters. The SMILES string of the molecule is Cc1ccc(C)c(S(=O)(=O)Oc2cccc(Br)c2)c1. The van der Waals surface area contributed by atoms with Gasteiger partial charge in [0.25, 0.3) is 0 Å². The summed E-state index contributed by atoms with van der Waals surface area (Å²) in [6.07, 6.45) is 0. The molecule has 0 N–H and O–H groups in total. The molecule has 2 aromatic rings. The smallest absolute Gasteiger partial charge is 0.339 e. The van der Waals surface area contributed by atoms with E-state index in [9.17, 15) is 8.42 Å². The molecule has 5 heteroatoms. The van der Waals surface area contributed by atoms with E-state index in [0.717, 1.165) is 10.0 Å². The van der Waals surface area contributed by atoms with Gasteiger partial charge in [0.05, 0.1) is 0 Å². The minimum atomic E-state index is -3.80. The minimum Gasteiger partial charge on any atom is -0.379 e. The highest BCUT2D eigenvalue weighted by Crippen LogP contribution is 2.24. The number of benzene rings is 2. The Hall–Kier alpha value is -1.33. The fraction of sp³-hybridized carbons (Fsp3) is 0.143. The van der Waals surface area contributed by atoms with Crippen molar-refractivity contribution >= 4 is 26.0 Å². The second-order valence-corrected chi connectivity index (χ2v) is 6.69. The van der Waals surface area contributed by atoms with Crippen LogP contribution in [0.5, 0.6) is 5.75 Å². The molecular weight excluding hydrogens is 328 g/mol. The van der Waals surface area contributed by atoms with Crippen molar-refractivity contribution in [3.8, 4) is 5.75 Å². The summed E-state index contributed by atoms with van der Waals surface area (Å²) < 4.78 is 30.4. The molecule has 0 atom stereocenters. The first-order chi connectivity index (χ1) is 8.88. The van der Waals surface area contributed by atoms with Crippen molar-refractivity contribution in [2.75, 3.05) is 0 Å². The van der Waals surface area contributed by atoms with E-state index < -0.39 is 10.1 Å². The number of rotatable bonds is 3. The van der Waals surface area contributed by atoms with Crippen molar-refractivity contribution in [1.82, 2.24) is 0 Å². The Morgan fingerprint density at radius 3 is 2.47 bits per heavy atom. The fourth-order valence-electron chi connectivity index (χ4n) is 1.67. The zero-order chi connectivity index (χ0) is 14.0. The maximum atomic E-state index is 12.2. The first-order valence-electron chi connectivity index (χ1n) is 5.66. The van der Waals surface area contributed by atoms with Gasteiger partial charge >= 0.3 is 10.1 Å². The first-order valence-corrected chi connectivity index (χ1v) is 7.86. The fourth-order valence-corrected chi connectivity index (χ4v) is 3.28. The monoisotopic (exact) mass is 340 g/mol. The molecule has 2 rings (SSSR count). The minimum absolute atomic E-state index is 0.201. The summed E-state index contributed by atoms with van der Waals surface area (Å²) in [5.74, 6) is 0.287. The number of hydrogen-bond donors (Lipinski definition) is 0. The molecule has 0 fully saturated rings. The van der Waals surface area contributed by atoms with E-state index in [-0.39, 0.29) is 10.6 Å². The molecule has 0 aromatic heterocycles. The van der Waals surface area contributed by atoms with Crippen molar-refractivity contribution in [3.05, 3.63) is 58.1 Å². The lowest BCUT2D eigenvalue weighted by molar-refractivity contribution is 0.485. The van der Waals surface area contributed by atoms with E-state index in [1.807, 2.05) is 13.0 Å². The molecule has 0 aliphatic heterocycles. The van der Waals surface area contributed by atoms with Crippen LogP contribution >= 0.6 is 15.9 Å². The van der Waals surface area contributed by atoms with Crippen LogP contribution in [-0.2, 0) is 10.1 Å². The molecule has 0 amide bonds. The third-order valence-electron chi connectivity index (χ3n) is 2.62. The molecule has 0 bridgehead atoms. The molecule has 3 nitrogen and oxygen atoms in total. The zero-order valence-corrected chi connectivity index (χ0v) is 13.0. The van der Waals surface area contributed by atoms with Crippen LogP contribution in [0.25, 0.3) is 0 Å². The van der Waals surface area contributed by atoms with Crippen molar-refractivity contribution in [3.63, 3.8) is 0 Å². The molecule has 2 aromatic carbocycles. The summed E-state index contributed by atoms with van der Waals surface area (Å²) in [5, 5.41) is 0. The van der Waals surface area contributed by atoms with Crippen LogP contribution in [-0.4, -0.2) is 8.42 Å². The largest absolute Gasteiger partial charge is 0.379 e. The van der Waals surface area contributed by atoms with E-state index in [2.05, 4.69) is 15.9 Å². The number of aryl methyl sites for hydroxylation is 2. The predicted octanol–water partition coefficient (Wildman–Crippen LogP) is 3.83. The van der Waals surface area contributed by atoms with Gasteiger partial charge in [-0.1, -0.05) is 34.1 Å². The normalized spacial score (nSPS) is 11.3. The lowest BCUT2D eigenvalue weighted by atomic mass is 10.2. The number of hydrogen-bond acceptors (Lipinski definition) is 3. The van der Waals surface area contributed by atoms with Crippen LogP contribution in [0.3, 0.4) is 0 Å². The highest BCUT2D eigenvalue weighted by Gasteiger charge is 2.19. The summed E-state index contributed by atoms with van der Waals surface area (Å²) in [4.78, 5) is 0.201. The van der Waals surface area contributed by atoms with Crippen molar-refractivity contribution in [2.45, 2.75) is 18.7 Å². The molecule has 100 valence electrons. The van der Waals surface area contributed by atoms with Crippen molar-refractivity contribution in [2.24, 2.45) is 0 Å². The van der Waals surface area contributed by atoms with Crippen LogP contribution in [0, 0.1) is 13.8 Å². The maximum absolute atomic E-state index is 12.2. The quantitative estimate of drug-likeness (QED) is 0.797. The van der Waals surface area contributed by atoms with Crippen LogP contribution < -0.4 is 4.18 Å². The van der Waals surface area contributed by atoms with Crippen LogP contribution in [0.2, 0.25) is 0 Å². The van der Waals surface area contributed by atoms with Crippen LogP contribution in [0.1, 0.15) is 11.1 Å². The summed E-state index contributed by atoms with van der Waals surface area (Å²) in [5.41, 5.74) is 1.54. The lowest BCUT2D eigenvalue weighted by Gasteiger charge is -2.10. The predicted molar refractivity (Wildman–Crippen MR) is 77.9 cm³/mol. The summed E-state index contributed by atoms with van der Waals surface area (Å²) in [7, 11) is -3.80. The molecule has 0 spiro atoms. The molecule has 0 saturated carbocycles. The molecule has 0 saturated heterocycles. The zero-order valence-electron chi connectivity index (χ0n) is 10.6. The van der Waals surface area contributed by atoms with Gasteiger partial charge in [-0.2, -0.15) is 8.42 Å². The highest BCUT2D eigenvalue weighted by atomic mass is 79.9. The molecule has 0 aliphatic carbocycles. The van der Waals surface area contributed by atoms with Gasteiger partial charge in [-0.15, -0.1) is 0 Å². The topological polar surface area (TPSA) is 43.4 Å². The van der Waals surface area contributed by atoms with E-state index in [1.54, 1.807) is 43.3 Å². The molecule has 19 heavy (non-hydrogen) atoms. The van der Waals surface area contributed by atoms with Crippen molar-refractivity contribution < 1.29 is 12.6 Å². The second-order valence-electron chi connectivity index (χ2n) is 4.26. The van der Waals surface area contributed by atoms with Crippen molar-refractivity contribution in [1.29, 1.82) is 0 Å². The Balaban J connectivity index is 2.40. The average Bonchev–Trinajstić information content (AvgIpc) is 2.31. The van der Waals surface area contributed by atoms with E-state index in [0.29, 0.717) is 5.56 Å². The average molecular weight is 341 g/mol. The summed E-state index contributed by atoms with van der Waals surface area (Å²) >= 11 is 3.28. The third-order valence-corrected chi connectivity index (χ3v) is 4.50.